The highest BCUT2D eigenvalue weighted by atomic mass is 32.2. The third-order valence-corrected chi connectivity index (χ3v) is 6.39. The third-order valence-electron chi connectivity index (χ3n) is 5.45. The number of β-lactam (4-membered cyclic amide) rings is 1. The van der Waals surface area contributed by atoms with Gasteiger partial charge < -0.3 is 24.2 Å². The van der Waals surface area contributed by atoms with Crippen LogP contribution in [-0.4, -0.2) is 59.4 Å². The minimum atomic E-state index is -2.55. The van der Waals surface area contributed by atoms with Crippen LogP contribution in [0.3, 0.4) is 0 Å². The summed E-state index contributed by atoms with van der Waals surface area (Å²) in [5.74, 6) is -1.44. The molecule has 0 radical (unpaired) electrons. The van der Waals surface area contributed by atoms with E-state index in [1.165, 1.54) is 55.5 Å². The van der Waals surface area contributed by atoms with Crippen LogP contribution in [-0.2, 0) is 43.4 Å². The van der Waals surface area contributed by atoms with Gasteiger partial charge in [0.1, 0.15) is 19.3 Å². The van der Waals surface area contributed by atoms with Crippen molar-refractivity contribution in [3.8, 4) is 0 Å². The van der Waals surface area contributed by atoms with E-state index in [1.807, 2.05) is 0 Å². The minimum absolute atomic E-state index is 0.110. The van der Waals surface area contributed by atoms with E-state index in [-0.39, 0.29) is 31.1 Å². The summed E-state index contributed by atoms with van der Waals surface area (Å²) in [6.45, 7) is 0.890. The number of carbonyl (C=O) groups is 3. The van der Waals surface area contributed by atoms with Crippen LogP contribution in [0.15, 0.2) is 60.2 Å². The Labute approximate surface area is 223 Å². The van der Waals surface area contributed by atoms with Crippen LogP contribution in [0, 0.1) is 20.2 Å². The van der Waals surface area contributed by atoms with Crippen molar-refractivity contribution in [3.63, 3.8) is 0 Å². The molecule has 1 saturated heterocycles. The molecule has 0 aromatic heterocycles. The van der Waals surface area contributed by atoms with Crippen molar-refractivity contribution in [2.24, 2.45) is 0 Å². The quantitative estimate of drug-likeness (QED) is 0.101. The van der Waals surface area contributed by atoms with Gasteiger partial charge in [-0.1, -0.05) is 0 Å². The molecule has 1 aliphatic heterocycles. The van der Waals surface area contributed by atoms with Crippen molar-refractivity contribution >= 4 is 40.4 Å². The zero-order chi connectivity index (χ0) is 28.7. The zero-order valence-corrected chi connectivity index (χ0v) is 21.1. The Morgan fingerprint density at radius 3 is 1.95 bits per heavy atom. The van der Waals surface area contributed by atoms with Gasteiger partial charge >= 0.3 is 12.1 Å². The van der Waals surface area contributed by atoms with Crippen molar-refractivity contribution in [3.05, 3.63) is 91.5 Å². The number of alkyl carbamates (subject to hydrolysis) is 1. The fraction of sp³-hybridized carbons (Fsp3) is 0.261. The van der Waals surface area contributed by atoms with Crippen LogP contribution in [0.2, 0.25) is 0 Å². The molecule has 2 N–H and O–H groups in total. The number of likely N-dealkylation sites (tertiary alicyclic amines) is 1. The number of non-ortho nitro benzene ring substituents is 2. The SMILES string of the molecule is CC(=CC(=O)OCc1ccc([N+](=O)[O-])cc1)CN1C(=O)C(NC(=O)OCc2ccc([N+](=O)[O-])cc2)C1S(=O)O. The summed E-state index contributed by atoms with van der Waals surface area (Å²) < 4.78 is 31.6. The number of carbonyl (C=O) groups excluding carboxylic acids is 3. The van der Waals surface area contributed by atoms with Crippen molar-refractivity contribution in [1.82, 2.24) is 10.2 Å². The molecule has 2 aromatic carbocycles. The van der Waals surface area contributed by atoms with Crippen LogP contribution in [0.4, 0.5) is 16.2 Å². The third kappa shape index (κ3) is 7.65. The first kappa shape index (κ1) is 28.9. The molecular formula is C23H22N4O11S. The second-order valence-electron chi connectivity index (χ2n) is 8.28. The lowest BCUT2D eigenvalue weighted by Gasteiger charge is -2.44. The largest absolute Gasteiger partial charge is 0.458 e. The maximum absolute atomic E-state index is 12.5. The summed E-state index contributed by atoms with van der Waals surface area (Å²) in [6, 6.07) is 9.31. The minimum Gasteiger partial charge on any atom is -0.458 e. The van der Waals surface area contributed by atoms with Gasteiger partial charge in [0.15, 0.2) is 16.5 Å². The van der Waals surface area contributed by atoms with E-state index in [2.05, 4.69) is 5.32 Å². The summed E-state index contributed by atoms with van der Waals surface area (Å²) in [4.78, 5) is 58.0. The lowest BCUT2D eigenvalue weighted by atomic mass is 10.1. The molecule has 1 aliphatic rings. The fourth-order valence-electron chi connectivity index (χ4n) is 3.51. The van der Waals surface area contributed by atoms with E-state index in [0.717, 1.165) is 11.0 Å². The van der Waals surface area contributed by atoms with Gasteiger partial charge in [0.2, 0.25) is 5.91 Å². The van der Waals surface area contributed by atoms with Gasteiger partial charge in [-0.3, -0.25) is 25.0 Å². The van der Waals surface area contributed by atoms with E-state index in [4.69, 9.17) is 9.47 Å². The van der Waals surface area contributed by atoms with Gasteiger partial charge in [-0.05, 0) is 47.9 Å². The second-order valence-corrected chi connectivity index (χ2v) is 9.31. The molecule has 2 aromatic rings. The first-order valence-corrected chi connectivity index (χ1v) is 12.3. The summed E-state index contributed by atoms with van der Waals surface area (Å²) in [7, 11) is 0. The molecule has 3 atom stereocenters. The van der Waals surface area contributed by atoms with E-state index in [9.17, 15) is 43.4 Å². The average molecular weight is 563 g/mol. The predicted octanol–water partition coefficient (Wildman–Crippen LogP) is 2.18. The van der Waals surface area contributed by atoms with Gasteiger partial charge in [0.05, 0.1) is 9.85 Å². The summed E-state index contributed by atoms with van der Waals surface area (Å²) in [5.41, 5.74) is 1.04. The number of rotatable bonds is 11. The van der Waals surface area contributed by atoms with Crippen LogP contribution < -0.4 is 5.32 Å². The van der Waals surface area contributed by atoms with Gasteiger partial charge in [-0.15, -0.1) is 0 Å². The van der Waals surface area contributed by atoms with Crippen LogP contribution >= 0.6 is 0 Å². The van der Waals surface area contributed by atoms with Crippen LogP contribution in [0.25, 0.3) is 0 Å². The normalized spacial score (nSPS) is 17.5. The number of hydrogen-bond acceptors (Lipinski definition) is 10. The van der Waals surface area contributed by atoms with Crippen molar-refractivity contribution in [2.45, 2.75) is 31.6 Å². The number of hydrogen-bond donors (Lipinski definition) is 2. The lowest BCUT2D eigenvalue weighted by Crippen LogP contribution is -2.72. The highest BCUT2D eigenvalue weighted by molar-refractivity contribution is 7.80. The number of ether oxygens (including phenoxy) is 2. The Morgan fingerprint density at radius 1 is 1.00 bits per heavy atom. The molecule has 0 bridgehead atoms. The number of nitro benzene ring substituents is 2. The summed E-state index contributed by atoms with van der Waals surface area (Å²) in [5, 5.41) is 22.3. The van der Waals surface area contributed by atoms with E-state index >= 15 is 0 Å². The maximum Gasteiger partial charge on any atom is 0.408 e. The number of esters is 1. The van der Waals surface area contributed by atoms with Crippen molar-refractivity contribution < 1.29 is 42.5 Å². The molecule has 0 aliphatic carbocycles. The Morgan fingerprint density at radius 2 is 1.49 bits per heavy atom. The van der Waals surface area contributed by atoms with E-state index in [0.29, 0.717) is 16.7 Å². The lowest BCUT2D eigenvalue weighted by molar-refractivity contribution is -0.385. The molecule has 39 heavy (non-hydrogen) atoms. The topological polar surface area (TPSA) is 209 Å². The molecule has 206 valence electrons. The Hall–Kier alpha value is -4.70. The average Bonchev–Trinajstić information content (AvgIpc) is 2.89. The molecule has 16 heteroatoms. The maximum atomic E-state index is 12.5. The molecule has 2 amide bonds. The van der Waals surface area contributed by atoms with Gasteiger partial charge in [0.25, 0.3) is 11.4 Å². The summed E-state index contributed by atoms with van der Waals surface area (Å²) >= 11 is -2.55. The van der Waals surface area contributed by atoms with Gasteiger partial charge in [-0.25, -0.2) is 13.8 Å². The molecular weight excluding hydrogens is 540 g/mol. The molecule has 3 unspecified atom stereocenters. The molecule has 0 saturated carbocycles. The van der Waals surface area contributed by atoms with Gasteiger partial charge in [0, 0.05) is 36.9 Å². The number of nitrogens with zero attached hydrogens (tertiary/aromatic N) is 3. The Kier molecular flexibility index (Phi) is 9.40. The number of nitrogens with one attached hydrogen (secondary N) is 1. The highest BCUT2D eigenvalue weighted by Crippen LogP contribution is 2.24. The molecule has 3 rings (SSSR count). The fourth-order valence-corrected chi connectivity index (χ4v) is 4.32. The van der Waals surface area contributed by atoms with Crippen LogP contribution in [0.1, 0.15) is 18.1 Å². The Bertz CT molecular complexity index is 1330. The first-order valence-electron chi connectivity index (χ1n) is 11.1. The van der Waals surface area contributed by atoms with E-state index < -0.39 is 50.3 Å². The molecule has 15 nitrogen and oxygen atoms in total. The van der Waals surface area contributed by atoms with Crippen molar-refractivity contribution in [2.75, 3.05) is 6.54 Å². The van der Waals surface area contributed by atoms with E-state index in [1.54, 1.807) is 0 Å². The molecule has 0 spiro atoms. The van der Waals surface area contributed by atoms with Crippen LogP contribution in [0.5, 0.6) is 0 Å². The zero-order valence-electron chi connectivity index (χ0n) is 20.3. The number of amides is 2. The monoisotopic (exact) mass is 562 g/mol. The Balaban J connectivity index is 1.50. The van der Waals surface area contributed by atoms with Crippen molar-refractivity contribution in [1.29, 1.82) is 0 Å². The molecule has 1 heterocycles. The summed E-state index contributed by atoms with van der Waals surface area (Å²) in [6.07, 6.45) is 0.0544. The van der Waals surface area contributed by atoms with Gasteiger partial charge in [-0.2, -0.15) is 0 Å². The highest BCUT2D eigenvalue weighted by Gasteiger charge is 2.52. The first-order chi connectivity index (χ1) is 18.5. The second kappa shape index (κ2) is 12.7. The predicted molar refractivity (Wildman–Crippen MR) is 133 cm³/mol. The number of benzene rings is 2. The standard InChI is InChI=1S/C23H22N4O11S/c1-14(10-19(28)37-12-15-2-6-17(7-3-15)26(31)32)11-25-21(29)20(22(25)39(35)36)24-23(30)38-13-16-4-8-18(9-5-16)27(33)34/h2-10,20,22H,11-13H2,1H3,(H,24,30)(H,35,36). The number of nitro groups is 2. The smallest absolute Gasteiger partial charge is 0.408 e. The molecule has 1 fully saturated rings.